The Morgan fingerprint density at radius 3 is 2.82 bits per heavy atom. The third kappa shape index (κ3) is 2.15. The second-order valence-electron chi connectivity index (χ2n) is 5.20. The number of hydrogen-bond donors (Lipinski definition) is 1. The van der Waals surface area contributed by atoms with Crippen molar-refractivity contribution >= 4 is 5.78 Å². The first-order chi connectivity index (χ1) is 10.5. The fourth-order valence-corrected chi connectivity index (χ4v) is 2.90. The molecule has 0 amide bonds. The molecule has 0 saturated heterocycles. The fraction of sp³-hybridized carbons (Fsp3) is 0.250. The maximum absolute atomic E-state index is 14.2. The maximum atomic E-state index is 14.2. The quantitative estimate of drug-likeness (QED) is 0.865. The molecule has 0 fully saturated rings. The summed E-state index contributed by atoms with van der Waals surface area (Å²) in [6.07, 6.45) is 1.37. The van der Waals surface area contributed by atoms with Crippen molar-refractivity contribution in [2.75, 3.05) is 0 Å². The number of ketones is 1. The largest absolute Gasteiger partial charge is 0.444 e. The average Bonchev–Trinajstić information content (AvgIpc) is 2.48. The molecule has 4 nitrogen and oxygen atoms in total. The lowest BCUT2D eigenvalue weighted by atomic mass is 9.77. The van der Waals surface area contributed by atoms with Gasteiger partial charge in [0.2, 0.25) is 5.88 Å². The molecule has 1 atom stereocenters. The number of nitrogens with two attached hydrogens (primary N) is 1. The van der Waals surface area contributed by atoms with Crippen LogP contribution in [-0.4, -0.2) is 5.78 Å². The number of hydrogen-bond acceptors (Lipinski definition) is 4. The van der Waals surface area contributed by atoms with Crippen LogP contribution in [0.1, 0.15) is 30.7 Å². The molecule has 0 saturated carbocycles. The van der Waals surface area contributed by atoms with Gasteiger partial charge in [-0.2, -0.15) is 5.26 Å². The lowest BCUT2D eigenvalue weighted by Crippen LogP contribution is -2.28. The molecule has 1 aromatic carbocycles. The maximum Gasteiger partial charge on any atom is 0.205 e. The van der Waals surface area contributed by atoms with Gasteiger partial charge in [-0.3, -0.25) is 4.79 Å². The Morgan fingerprint density at radius 2 is 2.09 bits per heavy atom. The molecular weight excluding hydrogens is 290 g/mol. The van der Waals surface area contributed by atoms with Gasteiger partial charge in [-0.05, 0) is 24.6 Å². The van der Waals surface area contributed by atoms with E-state index in [9.17, 15) is 18.8 Å². The summed E-state index contributed by atoms with van der Waals surface area (Å²) >= 11 is 0. The van der Waals surface area contributed by atoms with Gasteiger partial charge in [0.1, 0.15) is 29.0 Å². The number of ether oxygens (including phenoxy) is 1. The van der Waals surface area contributed by atoms with Crippen molar-refractivity contribution in [3.05, 3.63) is 58.2 Å². The number of allylic oxidation sites excluding steroid dienone is 3. The van der Waals surface area contributed by atoms with Crippen LogP contribution in [0.2, 0.25) is 0 Å². The standard InChI is InChI=1S/C16H12F2N2O2/c17-8-4-5-11(18)9(6-8)14-10(7-19)16(20)22-13-3-1-2-12(21)15(13)14/h4-6,14H,1-3,20H2/t14-/m1/s1. The lowest BCUT2D eigenvalue weighted by Gasteiger charge is -2.31. The second-order valence-corrected chi connectivity index (χ2v) is 5.20. The smallest absolute Gasteiger partial charge is 0.205 e. The minimum absolute atomic E-state index is 0.0708. The van der Waals surface area contributed by atoms with Crippen molar-refractivity contribution in [1.29, 1.82) is 5.26 Å². The molecule has 22 heavy (non-hydrogen) atoms. The highest BCUT2D eigenvalue weighted by Crippen LogP contribution is 2.44. The number of carbonyl (C=O) groups is 1. The molecule has 1 aliphatic heterocycles. The van der Waals surface area contributed by atoms with Crippen molar-refractivity contribution < 1.29 is 18.3 Å². The van der Waals surface area contributed by atoms with Gasteiger partial charge in [-0.25, -0.2) is 8.78 Å². The molecule has 2 N–H and O–H groups in total. The second kappa shape index (κ2) is 5.26. The summed E-state index contributed by atoms with van der Waals surface area (Å²) in [7, 11) is 0. The van der Waals surface area contributed by atoms with Gasteiger partial charge in [0.05, 0.1) is 5.92 Å². The summed E-state index contributed by atoms with van der Waals surface area (Å²) in [6, 6.07) is 4.80. The van der Waals surface area contributed by atoms with E-state index in [1.165, 1.54) is 0 Å². The summed E-state index contributed by atoms with van der Waals surface area (Å²) in [5.41, 5.74) is 5.79. The van der Waals surface area contributed by atoms with Crippen molar-refractivity contribution in [3.8, 4) is 6.07 Å². The third-order valence-corrected chi connectivity index (χ3v) is 3.87. The minimum Gasteiger partial charge on any atom is -0.444 e. The molecule has 0 unspecified atom stereocenters. The Labute approximate surface area is 125 Å². The highest BCUT2D eigenvalue weighted by molar-refractivity contribution is 5.99. The SMILES string of the molecule is N#CC1=C(N)OC2=C(C(=O)CCC2)[C@@H]1c1cc(F)ccc1F. The first-order valence-corrected chi connectivity index (χ1v) is 6.81. The molecule has 0 radical (unpaired) electrons. The number of Topliss-reactive ketones (excluding diaryl/α,β-unsaturated/α-hetero) is 1. The number of rotatable bonds is 1. The van der Waals surface area contributed by atoms with Gasteiger partial charge in [0.25, 0.3) is 0 Å². The number of benzene rings is 1. The third-order valence-electron chi connectivity index (χ3n) is 3.87. The Kier molecular flexibility index (Phi) is 3.41. The van der Waals surface area contributed by atoms with E-state index in [1.807, 2.05) is 6.07 Å². The van der Waals surface area contributed by atoms with E-state index in [0.717, 1.165) is 18.2 Å². The molecule has 0 spiro atoms. The Hall–Kier alpha value is -2.68. The molecular formula is C16H12F2N2O2. The Morgan fingerprint density at radius 1 is 1.32 bits per heavy atom. The normalized spacial score (nSPS) is 21.3. The Balaban J connectivity index is 2.25. The average molecular weight is 302 g/mol. The first kappa shape index (κ1) is 14.3. The van der Waals surface area contributed by atoms with Gasteiger partial charge >= 0.3 is 0 Å². The predicted octanol–water partition coefficient (Wildman–Crippen LogP) is 2.78. The number of halogens is 2. The highest BCUT2D eigenvalue weighted by atomic mass is 19.1. The van der Waals surface area contributed by atoms with Crippen molar-refractivity contribution in [2.24, 2.45) is 5.73 Å². The van der Waals surface area contributed by atoms with E-state index >= 15 is 0 Å². The predicted molar refractivity (Wildman–Crippen MR) is 72.9 cm³/mol. The monoisotopic (exact) mass is 302 g/mol. The summed E-state index contributed by atoms with van der Waals surface area (Å²) in [5, 5.41) is 9.31. The summed E-state index contributed by atoms with van der Waals surface area (Å²) in [5.74, 6) is -2.40. The van der Waals surface area contributed by atoms with Crippen LogP contribution in [0.25, 0.3) is 0 Å². The molecule has 2 aliphatic rings. The highest BCUT2D eigenvalue weighted by Gasteiger charge is 2.39. The van der Waals surface area contributed by atoms with Gasteiger partial charge in [-0.1, -0.05) is 0 Å². The molecule has 6 heteroatoms. The number of carbonyl (C=O) groups excluding carboxylic acids is 1. The lowest BCUT2D eigenvalue weighted by molar-refractivity contribution is -0.116. The van der Waals surface area contributed by atoms with Crippen molar-refractivity contribution in [3.63, 3.8) is 0 Å². The van der Waals surface area contributed by atoms with Crippen molar-refractivity contribution in [1.82, 2.24) is 0 Å². The van der Waals surface area contributed by atoms with E-state index in [1.54, 1.807) is 0 Å². The topological polar surface area (TPSA) is 76.1 Å². The van der Waals surface area contributed by atoms with E-state index in [-0.39, 0.29) is 34.8 Å². The summed E-state index contributed by atoms with van der Waals surface area (Å²) in [4.78, 5) is 12.2. The van der Waals surface area contributed by atoms with Crippen LogP contribution in [0.5, 0.6) is 0 Å². The molecule has 3 rings (SSSR count). The van der Waals surface area contributed by atoms with Crippen LogP contribution >= 0.6 is 0 Å². The van der Waals surface area contributed by atoms with Gasteiger partial charge < -0.3 is 10.5 Å². The van der Waals surface area contributed by atoms with Gasteiger partial charge in [0, 0.05) is 24.0 Å². The van der Waals surface area contributed by atoms with Gasteiger partial charge in [-0.15, -0.1) is 0 Å². The van der Waals surface area contributed by atoms with Crippen LogP contribution in [0, 0.1) is 23.0 Å². The zero-order valence-electron chi connectivity index (χ0n) is 11.5. The van der Waals surface area contributed by atoms with Crippen LogP contribution in [0.15, 0.2) is 41.0 Å². The first-order valence-electron chi connectivity index (χ1n) is 6.81. The van der Waals surface area contributed by atoms with Gasteiger partial charge in [0.15, 0.2) is 5.78 Å². The summed E-state index contributed by atoms with van der Waals surface area (Å²) < 4.78 is 33.0. The fourth-order valence-electron chi connectivity index (χ4n) is 2.90. The van der Waals surface area contributed by atoms with Crippen LogP contribution < -0.4 is 5.73 Å². The van der Waals surface area contributed by atoms with Crippen LogP contribution in [0.4, 0.5) is 8.78 Å². The molecule has 112 valence electrons. The van der Waals surface area contributed by atoms with E-state index in [4.69, 9.17) is 10.5 Å². The number of nitrogens with zero attached hydrogens (tertiary/aromatic N) is 1. The Bertz CT molecular complexity index is 775. The molecule has 1 aromatic rings. The summed E-state index contributed by atoms with van der Waals surface area (Å²) in [6.45, 7) is 0. The molecule has 1 aliphatic carbocycles. The number of nitriles is 1. The zero-order chi connectivity index (χ0) is 15.9. The van der Waals surface area contributed by atoms with E-state index in [2.05, 4.69) is 0 Å². The zero-order valence-corrected chi connectivity index (χ0v) is 11.5. The molecule has 0 aromatic heterocycles. The minimum atomic E-state index is -1.02. The molecule has 1 heterocycles. The van der Waals surface area contributed by atoms with Crippen LogP contribution in [-0.2, 0) is 9.53 Å². The van der Waals surface area contributed by atoms with E-state index < -0.39 is 17.6 Å². The molecule has 0 bridgehead atoms. The van der Waals surface area contributed by atoms with Crippen molar-refractivity contribution in [2.45, 2.75) is 25.2 Å². The van der Waals surface area contributed by atoms with E-state index in [0.29, 0.717) is 18.6 Å². The van der Waals surface area contributed by atoms with Crippen LogP contribution in [0.3, 0.4) is 0 Å².